The van der Waals surface area contributed by atoms with Gasteiger partial charge in [0.2, 0.25) is 0 Å². The van der Waals surface area contributed by atoms with E-state index in [1.807, 2.05) is 37.3 Å². The van der Waals surface area contributed by atoms with E-state index in [0.717, 1.165) is 5.56 Å². The number of nitrogens with zero attached hydrogens (tertiary/aromatic N) is 1. The van der Waals surface area contributed by atoms with Crippen LogP contribution in [-0.4, -0.2) is 22.6 Å². The van der Waals surface area contributed by atoms with E-state index in [9.17, 15) is 8.42 Å². The predicted molar refractivity (Wildman–Crippen MR) is 111 cm³/mol. The second kappa shape index (κ2) is 8.35. The highest BCUT2D eigenvalue weighted by Gasteiger charge is 2.31. The first-order valence-corrected chi connectivity index (χ1v) is 10.3. The zero-order chi connectivity index (χ0) is 20.1. The molecule has 0 aliphatic carbocycles. The highest BCUT2D eigenvalue weighted by molar-refractivity contribution is 7.92. The van der Waals surface area contributed by atoms with Crippen LogP contribution in [0, 0.1) is 0 Å². The van der Waals surface area contributed by atoms with Gasteiger partial charge in [0.05, 0.1) is 30.8 Å². The van der Waals surface area contributed by atoms with Crippen molar-refractivity contribution < 1.29 is 17.9 Å². The van der Waals surface area contributed by atoms with E-state index in [0.29, 0.717) is 17.2 Å². The molecule has 3 rings (SSSR count). The van der Waals surface area contributed by atoms with Crippen LogP contribution in [-0.2, 0) is 10.0 Å². The van der Waals surface area contributed by atoms with Gasteiger partial charge in [-0.1, -0.05) is 42.5 Å². The topological polar surface area (TPSA) is 55.8 Å². The maximum Gasteiger partial charge on any atom is 0.265 e. The highest BCUT2D eigenvalue weighted by Crippen LogP contribution is 2.35. The molecule has 28 heavy (non-hydrogen) atoms. The number of hydrogen-bond donors (Lipinski definition) is 0. The maximum atomic E-state index is 13.6. The van der Waals surface area contributed by atoms with Gasteiger partial charge in [-0.3, -0.25) is 4.31 Å². The maximum absolute atomic E-state index is 13.6. The molecule has 0 saturated heterocycles. The van der Waals surface area contributed by atoms with Crippen molar-refractivity contribution in [2.75, 3.05) is 18.5 Å². The van der Waals surface area contributed by atoms with Crippen LogP contribution < -0.4 is 13.8 Å². The van der Waals surface area contributed by atoms with Gasteiger partial charge in [0, 0.05) is 12.1 Å². The minimum absolute atomic E-state index is 0.164. The fourth-order valence-electron chi connectivity index (χ4n) is 3.06. The van der Waals surface area contributed by atoms with Gasteiger partial charge in [-0.25, -0.2) is 8.42 Å². The summed E-state index contributed by atoms with van der Waals surface area (Å²) >= 11 is 0. The molecule has 0 bridgehead atoms. The summed E-state index contributed by atoms with van der Waals surface area (Å²) in [6.45, 7) is 1.87. The van der Waals surface area contributed by atoms with Crippen molar-refractivity contribution in [2.45, 2.75) is 17.9 Å². The van der Waals surface area contributed by atoms with E-state index in [-0.39, 0.29) is 4.90 Å². The first kappa shape index (κ1) is 19.8. The number of benzene rings is 3. The molecule has 0 aliphatic heterocycles. The molecule has 0 radical (unpaired) electrons. The van der Waals surface area contributed by atoms with Gasteiger partial charge in [-0.2, -0.15) is 0 Å². The summed E-state index contributed by atoms with van der Waals surface area (Å²) in [6, 6.07) is 22.6. The molecule has 146 valence electrons. The molecule has 0 amide bonds. The molecule has 0 fully saturated rings. The molecule has 5 nitrogen and oxygen atoms in total. The largest absolute Gasteiger partial charge is 0.497 e. The SMILES string of the molecule is COc1cccc(N([C@@H](C)c2ccccc2)S(=O)(=O)c2cccc(OC)c2)c1. The van der Waals surface area contributed by atoms with Gasteiger partial charge in [0.1, 0.15) is 11.5 Å². The fourth-order valence-corrected chi connectivity index (χ4v) is 4.73. The number of sulfonamides is 1. The lowest BCUT2D eigenvalue weighted by Crippen LogP contribution is -2.33. The number of ether oxygens (including phenoxy) is 2. The van der Waals surface area contributed by atoms with Crippen molar-refractivity contribution >= 4 is 15.7 Å². The monoisotopic (exact) mass is 397 g/mol. The summed E-state index contributed by atoms with van der Waals surface area (Å²) in [5.41, 5.74) is 1.41. The molecule has 0 spiro atoms. The molecule has 0 saturated carbocycles. The number of rotatable bonds is 7. The number of hydrogen-bond acceptors (Lipinski definition) is 4. The predicted octanol–water partition coefficient (Wildman–Crippen LogP) is 4.66. The van der Waals surface area contributed by atoms with E-state index in [1.165, 1.54) is 17.5 Å². The van der Waals surface area contributed by atoms with E-state index in [4.69, 9.17) is 9.47 Å². The van der Waals surface area contributed by atoms with Crippen molar-refractivity contribution in [2.24, 2.45) is 0 Å². The van der Waals surface area contributed by atoms with Crippen molar-refractivity contribution in [3.05, 3.63) is 84.4 Å². The summed E-state index contributed by atoms with van der Waals surface area (Å²) in [5.74, 6) is 1.07. The Kier molecular flexibility index (Phi) is 5.90. The van der Waals surface area contributed by atoms with Crippen molar-refractivity contribution in [3.63, 3.8) is 0 Å². The molecule has 3 aromatic rings. The van der Waals surface area contributed by atoms with E-state index < -0.39 is 16.1 Å². The Balaban J connectivity index is 2.17. The van der Waals surface area contributed by atoms with Crippen LogP contribution in [0.5, 0.6) is 11.5 Å². The molecular formula is C22H23NO4S. The summed E-state index contributed by atoms with van der Waals surface area (Å²) in [6.07, 6.45) is 0. The summed E-state index contributed by atoms with van der Waals surface area (Å²) in [4.78, 5) is 0.164. The quantitative estimate of drug-likeness (QED) is 0.582. The smallest absolute Gasteiger partial charge is 0.265 e. The van der Waals surface area contributed by atoms with Crippen LogP contribution in [0.2, 0.25) is 0 Å². The zero-order valence-corrected chi connectivity index (χ0v) is 16.9. The van der Waals surface area contributed by atoms with Gasteiger partial charge in [0.15, 0.2) is 0 Å². The lowest BCUT2D eigenvalue weighted by Gasteiger charge is -2.31. The fraction of sp³-hybridized carbons (Fsp3) is 0.182. The second-order valence-electron chi connectivity index (χ2n) is 6.27. The van der Waals surface area contributed by atoms with Crippen LogP contribution in [0.3, 0.4) is 0 Å². The molecule has 6 heteroatoms. The molecule has 0 aromatic heterocycles. The summed E-state index contributed by atoms with van der Waals surface area (Å²) in [7, 11) is -0.793. The van der Waals surface area contributed by atoms with Gasteiger partial charge in [0.25, 0.3) is 10.0 Å². The van der Waals surface area contributed by atoms with Gasteiger partial charge in [-0.15, -0.1) is 0 Å². The van der Waals surface area contributed by atoms with Crippen LogP contribution >= 0.6 is 0 Å². The average molecular weight is 397 g/mol. The Bertz CT molecular complexity index is 1040. The highest BCUT2D eigenvalue weighted by atomic mass is 32.2. The first-order valence-electron chi connectivity index (χ1n) is 8.85. The zero-order valence-electron chi connectivity index (χ0n) is 16.1. The molecule has 0 aliphatic rings. The molecule has 0 unspecified atom stereocenters. The van der Waals surface area contributed by atoms with Crippen LogP contribution in [0.15, 0.2) is 83.8 Å². The Morgan fingerprint density at radius 3 is 2.04 bits per heavy atom. The molecule has 1 atom stereocenters. The van der Waals surface area contributed by atoms with Crippen molar-refractivity contribution in [1.29, 1.82) is 0 Å². The Hall–Kier alpha value is -2.99. The van der Waals surface area contributed by atoms with E-state index in [2.05, 4.69) is 0 Å². The number of methoxy groups -OCH3 is 2. The molecular weight excluding hydrogens is 374 g/mol. The van der Waals surface area contributed by atoms with Gasteiger partial charge < -0.3 is 9.47 Å². The van der Waals surface area contributed by atoms with Crippen molar-refractivity contribution in [1.82, 2.24) is 0 Å². The normalized spacial score (nSPS) is 12.2. The van der Waals surface area contributed by atoms with E-state index >= 15 is 0 Å². The minimum Gasteiger partial charge on any atom is -0.497 e. The third-order valence-electron chi connectivity index (χ3n) is 4.54. The van der Waals surface area contributed by atoms with E-state index in [1.54, 1.807) is 49.6 Å². The third kappa shape index (κ3) is 3.97. The Morgan fingerprint density at radius 1 is 0.786 bits per heavy atom. The van der Waals surface area contributed by atoms with Crippen LogP contribution in [0.1, 0.15) is 18.5 Å². The molecule has 3 aromatic carbocycles. The second-order valence-corrected chi connectivity index (χ2v) is 8.08. The van der Waals surface area contributed by atoms with Crippen molar-refractivity contribution in [3.8, 4) is 11.5 Å². The standard InChI is InChI=1S/C22H23NO4S/c1-17(18-9-5-4-6-10-18)23(19-11-7-12-20(15-19)26-2)28(24,25)22-14-8-13-21(16-22)27-3/h4-17H,1-3H3/t17-/m0/s1. The lowest BCUT2D eigenvalue weighted by molar-refractivity contribution is 0.413. The minimum atomic E-state index is -3.86. The number of anilines is 1. The molecule has 0 N–H and O–H groups in total. The van der Waals surface area contributed by atoms with Gasteiger partial charge in [-0.05, 0) is 36.8 Å². The van der Waals surface area contributed by atoms with Crippen LogP contribution in [0.25, 0.3) is 0 Å². The Morgan fingerprint density at radius 2 is 1.39 bits per heavy atom. The average Bonchev–Trinajstić information content (AvgIpc) is 2.74. The summed E-state index contributed by atoms with van der Waals surface area (Å²) < 4.78 is 39.2. The lowest BCUT2D eigenvalue weighted by atomic mass is 10.1. The Labute approximate surface area is 166 Å². The summed E-state index contributed by atoms with van der Waals surface area (Å²) in [5, 5.41) is 0. The third-order valence-corrected chi connectivity index (χ3v) is 6.43. The molecule has 0 heterocycles. The van der Waals surface area contributed by atoms with Crippen LogP contribution in [0.4, 0.5) is 5.69 Å². The van der Waals surface area contributed by atoms with Gasteiger partial charge >= 0.3 is 0 Å². The first-order chi connectivity index (χ1) is 13.5.